The van der Waals surface area contributed by atoms with Gasteiger partial charge in [-0.25, -0.2) is 4.98 Å². The van der Waals surface area contributed by atoms with Crippen LogP contribution in [0.2, 0.25) is 10.2 Å². The Balaban J connectivity index is 1.94. The first-order valence-corrected chi connectivity index (χ1v) is 7.17. The summed E-state index contributed by atoms with van der Waals surface area (Å²) in [6.07, 6.45) is 1.53. The molecule has 1 aromatic heterocycles. The number of benzene rings is 1. The van der Waals surface area contributed by atoms with Crippen molar-refractivity contribution in [1.82, 2.24) is 9.88 Å². The topological polar surface area (TPSA) is 53.4 Å². The zero-order valence-corrected chi connectivity index (χ0v) is 12.7. The van der Waals surface area contributed by atoms with Gasteiger partial charge in [0.2, 0.25) is 0 Å². The molecule has 3 rings (SSSR count). The molecule has 0 bridgehead atoms. The number of amides is 1. The van der Waals surface area contributed by atoms with E-state index in [9.17, 15) is 9.90 Å². The van der Waals surface area contributed by atoms with Crippen molar-refractivity contribution >= 4 is 29.1 Å². The number of aromatic nitrogens is 1. The zero-order valence-electron chi connectivity index (χ0n) is 11.2. The second-order valence-corrected chi connectivity index (χ2v) is 5.71. The number of pyridine rings is 1. The van der Waals surface area contributed by atoms with Crippen LogP contribution in [0.5, 0.6) is 5.75 Å². The minimum atomic E-state index is -0.181. The van der Waals surface area contributed by atoms with E-state index < -0.39 is 0 Å². The number of aromatic hydroxyl groups is 1. The maximum Gasteiger partial charge on any atom is 0.255 e. The van der Waals surface area contributed by atoms with Crippen LogP contribution in [-0.2, 0) is 6.54 Å². The number of phenols is 1. The van der Waals surface area contributed by atoms with Crippen LogP contribution in [0, 0.1) is 0 Å². The van der Waals surface area contributed by atoms with E-state index in [0.717, 1.165) is 11.1 Å². The first kappa shape index (κ1) is 14.2. The molecule has 2 heterocycles. The minimum absolute atomic E-state index is 0.0240. The van der Waals surface area contributed by atoms with Gasteiger partial charge in [0, 0.05) is 17.3 Å². The fraction of sp³-hybridized carbons (Fsp3) is 0.200. The van der Waals surface area contributed by atoms with Gasteiger partial charge in [-0.05, 0) is 30.7 Å². The van der Waals surface area contributed by atoms with E-state index in [2.05, 4.69) is 4.98 Å². The van der Waals surface area contributed by atoms with Crippen molar-refractivity contribution < 1.29 is 9.90 Å². The average Bonchev–Trinajstić information content (AvgIpc) is 2.80. The lowest BCUT2D eigenvalue weighted by Crippen LogP contribution is -2.27. The first-order valence-electron chi connectivity index (χ1n) is 6.42. The lowest BCUT2D eigenvalue weighted by atomic mass is 10.1. The molecule has 4 nitrogen and oxygen atoms in total. The molecule has 108 valence electrons. The molecule has 0 saturated heterocycles. The summed E-state index contributed by atoms with van der Waals surface area (Å²) in [6, 6.07) is 6.44. The summed E-state index contributed by atoms with van der Waals surface area (Å²) in [5, 5.41) is 10.1. The highest BCUT2D eigenvalue weighted by Gasteiger charge is 2.33. The fourth-order valence-electron chi connectivity index (χ4n) is 2.49. The van der Waals surface area contributed by atoms with Gasteiger partial charge in [-0.1, -0.05) is 29.3 Å². The number of hydrogen-bond donors (Lipinski definition) is 1. The van der Waals surface area contributed by atoms with E-state index >= 15 is 0 Å². The average molecular weight is 323 g/mol. The van der Waals surface area contributed by atoms with Crippen molar-refractivity contribution in [2.75, 3.05) is 0 Å². The largest absolute Gasteiger partial charge is 0.506 e. The molecule has 1 amide bonds. The standard InChI is InChI=1S/C15H12Cl2N2O2/c1-8(9-2-3-13(20)12(16)6-9)19-7-11-10(15(19)21)4-5-18-14(11)17/h2-6,8,20H,7H2,1H3. The van der Waals surface area contributed by atoms with Crippen LogP contribution in [0.25, 0.3) is 0 Å². The molecule has 1 aromatic carbocycles. The van der Waals surface area contributed by atoms with Gasteiger partial charge in [-0.2, -0.15) is 0 Å². The highest BCUT2D eigenvalue weighted by atomic mass is 35.5. The molecule has 0 saturated carbocycles. The molecule has 0 fully saturated rings. The lowest BCUT2D eigenvalue weighted by Gasteiger charge is -2.25. The van der Waals surface area contributed by atoms with Crippen LogP contribution in [0.15, 0.2) is 30.5 Å². The van der Waals surface area contributed by atoms with Gasteiger partial charge in [0.05, 0.1) is 17.6 Å². The van der Waals surface area contributed by atoms with Gasteiger partial charge in [0.15, 0.2) is 0 Å². The zero-order chi connectivity index (χ0) is 15.1. The molecule has 0 radical (unpaired) electrons. The molecular weight excluding hydrogens is 311 g/mol. The third-order valence-electron chi connectivity index (χ3n) is 3.74. The molecule has 1 unspecified atom stereocenters. The van der Waals surface area contributed by atoms with Gasteiger partial charge >= 0.3 is 0 Å². The summed E-state index contributed by atoms with van der Waals surface area (Å²) in [5.74, 6) is -0.0538. The number of rotatable bonds is 2. The van der Waals surface area contributed by atoms with Crippen LogP contribution < -0.4 is 0 Å². The molecule has 1 atom stereocenters. The van der Waals surface area contributed by atoms with Crippen LogP contribution in [0.1, 0.15) is 34.5 Å². The van der Waals surface area contributed by atoms with Gasteiger partial charge in [-0.3, -0.25) is 4.79 Å². The summed E-state index contributed by atoms with van der Waals surface area (Å²) >= 11 is 12.0. The molecule has 1 aliphatic rings. The number of halogens is 2. The number of carbonyl (C=O) groups is 1. The smallest absolute Gasteiger partial charge is 0.255 e. The Morgan fingerprint density at radius 2 is 2.10 bits per heavy atom. The fourth-order valence-corrected chi connectivity index (χ4v) is 2.90. The summed E-state index contributed by atoms with van der Waals surface area (Å²) < 4.78 is 0. The first-order chi connectivity index (χ1) is 9.99. The lowest BCUT2D eigenvalue weighted by molar-refractivity contribution is 0.0716. The van der Waals surface area contributed by atoms with Crippen LogP contribution in [0.3, 0.4) is 0 Å². The maximum absolute atomic E-state index is 12.5. The predicted molar refractivity (Wildman–Crippen MR) is 80.7 cm³/mol. The molecule has 1 N–H and O–H groups in total. The van der Waals surface area contributed by atoms with Crippen LogP contribution in [0.4, 0.5) is 0 Å². The van der Waals surface area contributed by atoms with Crippen molar-refractivity contribution in [3.63, 3.8) is 0 Å². The molecule has 6 heteroatoms. The van der Waals surface area contributed by atoms with Crippen molar-refractivity contribution in [1.29, 1.82) is 0 Å². The Bertz CT molecular complexity index is 734. The highest BCUT2D eigenvalue weighted by Crippen LogP contribution is 2.35. The minimum Gasteiger partial charge on any atom is -0.506 e. The second kappa shape index (κ2) is 5.20. The van der Waals surface area contributed by atoms with E-state index in [0.29, 0.717) is 17.3 Å². The normalized spacial score (nSPS) is 15.2. The number of carbonyl (C=O) groups excluding carboxylic acids is 1. The molecular formula is C15H12Cl2N2O2. The number of nitrogens with zero attached hydrogens (tertiary/aromatic N) is 2. The SMILES string of the molecule is CC(c1ccc(O)c(Cl)c1)N1Cc2c(ccnc2Cl)C1=O. The third-order valence-corrected chi connectivity index (χ3v) is 4.37. The monoisotopic (exact) mass is 322 g/mol. The van der Waals surface area contributed by atoms with Crippen molar-refractivity contribution in [3.05, 3.63) is 57.3 Å². The molecule has 0 spiro atoms. The summed E-state index contributed by atoms with van der Waals surface area (Å²) in [6.45, 7) is 2.33. The van der Waals surface area contributed by atoms with Crippen molar-refractivity contribution in [3.8, 4) is 5.75 Å². The molecule has 1 aliphatic heterocycles. The predicted octanol–water partition coefficient (Wildman–Crippen LogP) is 3.81. The molecule has 2 aromatic rings. The number of phenolic OH excluding ortho intramolecular Hbond substituents is 1. The van der Waals surface area contributed by atoms with Gasteiger partial charge in [-0.15, -0.1) is 0 Å². The Morgan fingerprint density at radius 1 is 1.33 bits per heavy atom. The van der Waals surface area contributed by atoms with Gasteiger partial charge in [0.25, 0.3) is 5.91 Å². The van der Waals surface area contributed by atoms with Gasteiger partial charge in [0.1, 0.15) is 10.9 Å². The summed E-state index contributed by atoms with van der Waals surface area (Å²) in [4.78, 5) is 18.2. The highest BCUT2D eigenvalue weighted by molar-refractivity contribution is 6.32. The molecule has 0 aliphatic carbocycles. The molecule has 21 heavy (non-hydrogen) atoms. The van der Waals surface area contributed by atoms with Crippen molar-refractivity contribution in [2.45, 2.75) is 19.5 Å². The number of hydrogen-bond acceptors (Lipinski definition) is 3. The van der Waals surface area contributed by atoms with E-state index in [4.69, 9.17) is 23.2 Å². The Hall–Kier alpha value is -1.78. The van der Waals surface area contributed by atoms with E-state index in [1.165, 1.54) is 12.3 Å². The van der Waals surface area contributed by atoms with Crippen molar-refractivity contribution in [2.24, 2.45) is 0 Å². The van der Waals surface area contributed by atoms with Gasteiger partial charge < -0.3 is 10.0 Å². The Kier molecular flexibility index (Phi) is 3.51. The Labute approximate surface area is 131 Å². The summed E-state index contributed by atoms with van der Waals surface area (Å²) in [5.41, 5.74) is 2.19. The third kappa shape index (κ3) is 2.34. The van der Waals surface area contributed by atoms with E-state index in [1.807, 2.05) is 6.92 Å². The van der Waals surface area contributed by atoms with Crippen LogP contribution >= 0.6 is 23.2 Å². The summed E-state index contributed by atoms with van der Waals surface area (Å²) in [7, 11) is 0. The number of fused-ring (bicyclic) bond motifs is 1. The van der Waals surface area contributed by atoms with E-state index in [-0.39, 0.29) is 22.7 Å². The van der Waals surface area contributed by atoms with Crippen LogP contribution in [-0.4, -0.2) is 20.9 Å². The quantitative estimate of drug-likeness (QED) is 0.855. The second-order valence-electron chi connectivity index (χ2n) is 4.95. The maximum atomic E-state index is 12.5. The van der Waals surface area contributed by atoms with E-state index in [1.54, 1.807) is 23.1 Å². The Morgan fingerprint density at radius 3 is 2.76 bits per heavy atom.